The van der Waals surface area contributed by atoms with Gasteiger partial charge in [-0.15, -0.1) is 0 Å². The Hall–Kier alpha value is -4.82. The zero-order chi connectivity index (χ0) is 41.3. The van der Waals surface area contributed by atoms with Crippen LogP contribution in [0.3, 0.4) is 0 Å². The standard InChI is InChI=1S/2C23H26N/c2*1-6-19-15-24(5)23(13-16(19)2)22-14-21(17(3)12-18(22)4)20-10-8-7-9-11-20/h2*7-15H,6H2,1-5H3/q2*+1/i2D3,3D3,6D2;. The van der Waals surface area contributed by atoms with E-state index in [2.05, 4.69) is 94.0 Å². The molecule has 2 heteroatoms. The van der Waals surface area contributed by atoms with Gasteiger partial charge in [-0.25, -0.2) is 9.13 Å². The molecule has 2 nitrogen and oxygen atoms in total. The Morgan fingerprint density at radius 2 is 0.938 bits per heavy atom. The summed E-state index contributed by atoms with van der Waals surface area (Å²) in [7, 11) is 3.88. The van der Waals surface area contributed by atoms with Crippen LogP contribution in [0.4, 0.5) is 0 Å². The van der Waals surface area contributed by atoms with Gasteiger partial charge in [-0.3, -0.25) is 0 Å². The van der Waals surface area contributed by atoms with E-state index in [0.29, 0.717) is 22.4 Å². The molecule has 2 aromatic heterocycles. The minimum atomic E-state index is -2.50. The van der Waals surface area contributed by atoms with E-state index in [9.17, 15) is 0 Å². The van der Waals surface area contributed by atoms with E-state index in [4.69, 9.17) is 11.0 Å². The molecular formula is C46H52N2+2. The monoisotopic (exact) mass is 640 g/mol. The summed E-state index contributed by atoms with van der Waals surface area (Å²) in [6, 6.07) is 31.8. The van der Waals surface area contributed by atoms with Crippen molar-refractivity contribution in [2.24, 2.45) is 14.1 Å². The second kappa shape index (κ2) is 14.9. The SMILES string of the molecule is CCc1c[n+](C)c(-c2cc(-c3ccccc3)c(C)cc2C)cc1C.[2H]C([2H])([2H])c1cc(C)c(-c2cc(C([2H])([2H])[2H])c(C([2H])([2H])C)c[n+]2C)cc1-c1ccccc1. The average molecular weight is 641 g/mol. The summed E-state index contributed by atoms with van der Waals surface area (Å²) in [5.41, 5.74) is 14.1. The topological polar surface area (TPSA) is 7.76 Å². The van der Waals surface area contributed by atoms with Crippen LogP contribution in [0.1, 0.15) is 69.3 Å². The van der Waals surface area contributed by atoms with Crippen LogP contribution in [0.15, 0.2) is 109 Å². The molecule has 6 rings (SSSR count). The minimum absolute atomic E-state index is 0.0568. The molecular weight excluding hydrogens is 581 g/mol. The van der Waals surface area contributed by atoms with Crippen LogP contribution < -0.4 is 9.13 Å². The van der Waals surface area contributed by atoms with Crippen LogP contribution in [0, 0.1) is 41.4 Å². The lowest BCUT2D eigenvalue weighted by atomic mass is 9.92. The maximum atomic E-state index is 8.09. The number of hydrogen-bond donors (Lipinski definition) is 0. The first-order valence-corrected chi connectivity index (χ1v) is 16.5. The highest BCUT2D eigenvalue weighted by molar-refractivity contribution is 5.77. The van der Waals surface area contributed by atoms with Crippen molar-refractivity contribution in [2.75, 3.05) is 0 Å². The summed E-state index contributed by atoms with van der Waals surface area (Å²) in [4.78, 5) is 0. The largest absolute Gasteiger partial charge is 0.212 e. The lowest BCUT2D eigenvalue weighted by Crippen LogP contribution is -2.32. The smallest absolute Gasteiger partial charge is 0.201 e. The summed E-state index contributed by atoms with van der Waals surface area (Å²) < 4.78 is 68.0. The lowest BCUT2D eigenvalue weighted by Gasteiger charge is -2.13. The van der Waals surface area contributed by atoms with Crippen LogP contribution in [0.25, 0.3) is 44.8 Å². The van der Waals surface area contributed by atoms with E-state index in [0.717, 1.165) is 12.0 Å². The van der Waals surface area contributed by atoms with Crippen molar-refractivity contribution < 1.29 is 20.1 Å². The average Bonchev–Trinajstić information content (AvgIpc) is 3.12. The number of aromatic nitrogens is 2. The second-order valence-electron chi connectivity index (χ2n) is 12.6. The molecule has 0 N–H and O–H groups in total. The third kappa shape index (κ3) is 7.34. The fourth-order valence-corrected chi connectivity index (χ4v) is 6.46. The van der Waals surface area contributed by atoms with Gasteiger partial charge >= 0.3 is 0 Å². The number of nitrogens with zero attached hydrogens (tertiary/aromatic N) is 2. The van der Waals surface area contributed by atoms with Gasteiger partial charge in [0.2, 0.25) is 11.4 Å². The molecule has 0 saturated heterocycles. The Morgan fingerprint density at radius 1 is 0.500 bits per heavy atom. The molecule has 0 radical (unpaired) electrons. The molecule has 0 aliphatic rings. The zero-order valence-electron chi connectivity index (χ0n) is 37.5. The van der Waals surface area contributed by atoms with Gasteiger partial charge in [0, 0.05) is 45.4 Å². The predicted molar refractivity (Wildman–Crippen MR) is 204 cm³/mol. The molecule has 0 aliphatic carbocycles. The van der Waals surface area contributed by atoms with Crippen LogP contribution in [0.2, 0.25) is 0 Å². The fourth-order valence-electron chi connectivity index (χ4n) is 6.46. The summed E-state index contributed by atoms with van der Waals surface area (Å²) in [6.45, 7) is 7.14. The Bertz CT molecular complexity index is 2360. The molecule has 4 aromatic carbocycles. The van der Waals surface area contributed by atoms with E-state index >= 15 is 0 Å². The maximum absolute atomic E-state index is 8.09. The first-order valence-electron chi connectivity index (χ1n) is 20.5. The molecule has 0 atom stereocenters. The van der Waals surface area contributed by atoms with Gasteiger partial charge in [0.25, 0.3) is 0 Å². The number of hydrogen-bond acceptors (Lipinski definition) is 0. The third-order valence-electron chi connectivity index (χ3n) is 9.17. The lowest BCUT2D eigenvalue weighted by molar-refractivity contribution is -0.661. The van der Waals surface area contributed by atoms with Crippen molar-refractivity contribution in [2.45, 2.75) is 68.0 Å². The highest BCUT2D eigenvalue weighted by atomic mass is 14.9. The van der Waals surface area contributed by atoms with E-state index in [1.807, 2.05) is 30.3 Å². The van der Waals surface area contributed by atoms with E-state index in [-0.39, 0.29) is 16.7 Å². The number of rotatable bonds is 6. The third-order valence-corrected chi connectivity index (χ3v) is 9.17. The molecule has 48 heavy (non-hydrogen) atoms. The number of aryl methyl sites for hydroxylation is 10. The molecule has 0 amide bonds. The van der Waals surface area contributed by atoms with E-state index < -0.39 is 20.1 Å². The van der Waals surface area contributed by atoms with Gasteiger partial charge in [-0.05, 0) is 122 Å². The second-order valence-corrected chi connectivity index (χ2v) is 12.6. The van der Waals surface area contributed by atoms with Crippen molar-refractivity contribution in [1.29, 1.82) is 0 Å². The summed E-state index contributed by atoms with van der Waals surface area (Å²) in [6.07, 6.45) is 3.01. The molecule has 0 unspecified atom stereocenters. The Labute approximate surface area is 300 Å². The molecule has 0 saturated carbocycles. The van der Waals surface area contributed by atoms with Crippen molar-refractivity contribution in [3.63, 3.8) is 0 Å². The Kier molecular flexibility index (Phi) is 7.86. The van der Waals surface area contributed by atoms with Gasteiger partial charge in [0.15, 0.2) is 12.4 Å². The van der Waals surface area contributed by atoms with Crippen molar-refractivity contribution in [1.82, 2.24) is 0 Å². The maximum Gasteiger partial charge on any atom is 0.212 e. The van der Waals surface area contributed by atoms with Gasteiger partial charge in [-0.2, -0.15) is 0 Å². The van der Waals surface area contributed by atoms with Gasteiger partial charge in [0.1, 0.15) is 14.1 Å². The quantitative estimate of drug-likeness (QED) is 0.160. The normalized spacial score (nSPS) is 14.2. The highest BCUT2D eigenvalue weighted by Gasteiger charge is 2.19. The van der Waals surface area contributed by atoms with Crippen molar-refractivity contribution >= 4 is 0 Å². The van der Waals surface area contributed by atoms with Crippen LogP contribution in [-0.2, 0) is 26.9 Å². The summed E-state index contributed by atoms with van der Waals surface area (Å²) >= 11 is 0. The van der Waals surface area contributed by atoms with Gasteiger partial charge in [0.05, 0.1) is 0 Å². The highest BCUT2D eigenvalue weighted by Crippen LogP contribution is 2.33. The molecule has 0 spiro atoms. The van der Waals surface area contributed by atoms with Crippen LogP contribution in [-0.4, -0.2) is 0 Å². The van der Waals surface area contributed by atoms with Gasteiger partial charge in [-0.1, -0.05) is 86.6 Å². The Balaban J connectivity index is 0.000000223. The molecule has 2 heterocycles. The molecule has 0 fully saturated rings. The number of pyridine rings is 2. The van der Waals surface area contributed by atoms with Crippen LogP contribution >= 0.6 is 0 Å². The Morgan fingerprint density at radius 3 is 1.42 bits per heavy atom. The summed E-state index contributed by atoms with van der Waals surface area (Å²) in [5.74, 6) is 0. The molecule has 6 aromatic rings. The number of benzene rings is 4. The summed E-state index contributed by atoms with van der Waals surface area (Å²) in [5, 5.41) is 0. The molecule has 244 valence electrons. The molecule has 0 bridgehead atoms. The van der Waals surface area contributed by atoms with Crippen molar-refractivity contribution in [3.8, 4) is 44.8 Å². The predicted octanol–water partition coefficient (Wildman–Crippen LogP) is 10.7. The van der Waals surface area contributed by atoms with Crippen molar-refractivity contribution in [3.05, 3.63) is 154 Å². The molecule has 0 aliphatic heterocycles. The fraction of sp³-hybridized carbons (Fsp3) is 0.261. The van der Waals surface area contributed by atoms with Crippen LogP contribution in [0.5, 0.6) is 0 Å². The van der Waals surface area contributed by atoms with E-state index in [1.54, 1.807) is 30.7 Å². The first kappa shape index (κ1) is 25.2. The van der Waals surface area contributed by atoms with Gasteiger partial charge < -0.3 is 0 Å². The van der Waals surface area contributed by atoms with E-state index in [1.165, 1.54) is 63.8 Å². The first-order chi connectivity index (χ1) is 26.1. The zero-order valence-corrected chi connectivity index (χ0v) is 29.5. The minimum Gasteiger partial charge on any atom is -0.201 e.